The predicted octanol–water partition coefficient (Wildman–Crippen LogP) is 2.87. The van der Waals surface area contributed by atoms with Crippen LogP contribution in [0.15, 0.2) is 11.2 Å². The molecular formula is C18H27ClN4O3S. The SMILES string of the molecule is CCOC(=O)[C@@H]1CCCN(C(=O)CSc2nc(Cl)cc(N(CC)CC)n2)C1. The highest BCUT2D eigenvalue weighted by molar-refractivity contribution is 7.99. The monoisotopic (exact) mass is 414 g/mol. The first-order chi connectivity index (χ1) is 13.0. The van der Waals surface area contributed by atoms with E-state index in [1.165, 1.54) is 11.8 Å². The van der Waals surface area contributed by atoms with E-state index in [0.29, 0.717) is 30.0 Å². The summed E-state index contributed by atoms with van der Waals surface area (Å²) in [4.78, 5) is 37.0. The maximum atomic E-state index is 12.6. The van der Waals surface area contributed by atoms with Crippen LogP contribution in [0.2, 0.25) is 5.15 Å². The molecule has 0 bridgehead atoms. The van der Waals surface area contributed by atoms with Gasteiger partial charge in [0.25, 0.3) is 0 Å². The van der Waals surface area contributed by atoms with Crippen molar-refractivity contribution < 1.29 is 14.3 Å². The van der Waals surface area contributed by atoms with Gasteiger partial charge in [0.1, 0.15) is 11.0 Å². The lowest BCUT2D eigenvalue weighted by atomic mass is 9.98. The van der Waals surface area contributed by atoms with Gasteiger partial charge in [-0.2, -0.15) is 0 Å². The number of ether oxygens (including phenoxy) is 1. The van der Waals surface area contributed by atoms with Gasteiger partial charge in [-0.1, -0.05) is 23.4 Å². The number of anilines is 1. The summed E-state index contributed by atoms with van der Waals surface area (Å²) >= 11 is 7.39. The van der Waals surface area contributed by atoms with Crippen LogP contribution < -0.4 is 4.90 Å². The molecule has 0 radical (unpaired) electrons. The minimum atomic E-state index is -0.232. The van der Waals surface area contributed by atoms with E-state index in [-0.39, 0.29) is 23.5 Å². The lowest BCUT2D eigenvalue weighted by Gasteiger charge is -2.31. The summed E-state index contributed by atoms with van der Waals surface area (Å²) in [6.07, 6.45) is 1.57. The van der Waals surface area contributed by atoms with E-state index in [9.17, 15) is 9.59 Å². The molecule has 0 unspecified atom stereocenters. The summed E-state index contributed by atoms with van der Waals surface area (Å²) in [6, 6.07) is 1.73. The van der Waals surface area contributed by atoms with Gasteiger partial charge in [-0.3, -0.25) is 9.59 Å². The highest BCUT2D eigenvalue weighted by Crippen LogP contribution is 2.23. The fraction of sp³-hybridized carbons (Fsp3) is 0.667. The third kappa shape index (κ3) is 6.24. The first-order valence-corrected chi connectivity index (χ1v) is 10.7. The van der Waals surface area contributed by atoms with Crippen molar-refractivity contribution in [3.63, 3.8) is 0 Å². The number of thioether (sulfide) groups is 1. The van der Waals surface area contributed by atoms with E-state index in [2.05, 4.69) is 14.9 Å². The summed E-state index contributed by atoms with van der Waals surface area (Å²) < 4.78 is 5.09. The Morgan fingerprint density at radius 3 is 2.74 bits per heavy atom. The summed E-state index contributed by atoms with van der Waals surface area (Å²) in [6.45, 7) is 8.96. The molecule has 0 saturated carbocycles. The van der Waals surface area contributed by atoms with E-state index in [0.717, 1.165) is 31.7 Å². The molecule has 1 aromatic heterocycles. The van der Waals surface area contributed by atoms with Crippen LogP contribution in [0.3, 0.4) is 0 Å². The Bertz CT molecular complexity index is 657. The summed E-state index contributed by atoms with van der Waals surface area (Å²) in [5, 5.41) is 0.846. The minimum Gasteiger partial charge on any atom is -0.466 e. The first kappa shape index (κ1) is 21.8. The molecule has 2 rings (SSSR count). The minimum absolute atomic E-state index is 0.0260. The van der Waals surface area contributed by atoms with Crippen molar-refractivity contribution in [1.82, 2.24) is 14.9 Å². The number of carbonyl (C=O) groups is 2. The second-order valence-corrected chi connectivity index (χ2v) is 7.55. The highest BCUT2D eigenvalue weighted by atomic mass is 35.5. The molecule has 0 aromatic carbocycles. The van der Waals surface area contributed by atoms with E-state index >= 15 is 0 Å². The normalized spacial score (nSPS) is 16.9. The zero-order valence-corrected chi connectivity index (χ0v) is 17.7. The molecule has 1 aliphatic heterocycles. The summed E-state index contributed by atoms with van der Waals surface area (Å²) in [5.74, 6) is 0.499. The number of carbonyl (C=O) groups excluding carboxylic acids is 2. The number of halogens is 1. The Balaban J connectivity index is 1.96. The number of likely N-dealkylation sites (tertiary alicyclic amines) is 1. The fourth-order valence-electron chi connectivity index (χ4n) is 3.03. The van der Waals surface area contributed by atoms with Crippen molar-refractivity contribution in [1.29, 1.82) is 0 Å². The van der Waals surface area contributed by atoms with Gasteiger partial charge in [-0.15, -0.1) is 0 Å². The van der Waals surface area contributed by atoms with Crippen molar-refractivity contribution in [2.24, 2.45) is 5.92 Å². The van der Waals surface area contributed by atoms with Gasteiger partial charge in [-0.25, -0.2) is 9.97 Å². The first-order valence-electron chi connectivity index (χ1n) is 9.35. The average Bonchev–Trinajstić information content (AvgIpc) is 2.67. The molecule has 1 aliphatic rings. The fourth-order valence-corrected chi connectivity index (χ4v) is 4.02. The van der Waals surface area contributed by atoms with Crippen molar-refractivity contribution >= 4 is 41.1 Å². The van der Waals surface area contributed by atoms with Gasteiger partial charge in [0.05, 0.1) is 18.3 Å². The van der Waals surface area contributed by atoms with Crippen LogP contribution in [0.1, 0.15) is 33.6 Å². The number of hydrogen-bond donors (Lipinski definition) is 0. The lowest BCUT2D eigenvalue weighted by Crippen LogP contribution is -2.43. The van der Waals surface area contributed by atoms with Crippen molar-refractivity contribution in [2.45, 2.75) is 38.8 Å². The van der Waals surface area contributed by atoms with Gasteiger partial charge < -0.3 is 14.5 Å². The predicted molar refractivity (Wildman–Crippen MR) is 107 cm³/mol. The molecule has 2 heterocycles. The third-order valence-electron chi connectivity index (χ3n) is 4.47. The van der Waals surface area contributed by atoms with Gasteiger partial charge in [0, 0.05) is 32.2 Å². The van der Waals surface area contributed by atoms with Crippen LogP contribution in [0.25, 0.3) is 0 Å². The standard InChI is InChI=1S/C18H27ClN4O3S/c1-4-22(5-2)15-10-14(19)20-18(21-15)27-12-16(24)23-9-7-8-13(11-23)17(25)26-6-3/h10,13H,4-9,11-12H2,1-3H3/t13-/m1/s1. The van der Waals surface area contributed by atoms with Crippen LogP contribution in [0.4, 0.5) is 5.82 Å². The smallest absolute Gasteiger partial charge is 0.310 e. The number of esters is 1. The molecular weight excluding hydrogens is 388 g/mol. The number of piperidine rings is 1. The zero-order valence-electron chi connectivity index (χ0n) is 16.1. The molecule has 9 heteroatoms. The van der Waals surface area contributed by atoms with Crippen LogP contribution >= 0.6 is 23.4 Å². The molecule has 1 fully saturated rings. The molecule has 7 nitrogen and oxygen atoms in total. The van der Waals surface area contributed by atoms with E-state index in [1.807, 2.05) is 13.8 Å². The Hall–Kier alpha value is -1.54. The topological polar surface area (TPSA) is 75.6 Å². The quantitative estimate of drug-likeness (QED) is 0.280. The van der Waals surface area contributed by atoms with Gasteiger partial charge in [-0.05, 0) is 33.6 Å². The van der Waals surface area contributed by atoms with Gasteiger partial charge in [0.2, 0.25) is 5.91 Å². The lowest BCUT2D eigenvalue weighted by molar-refractivity contribution is -0.151. The number of aromatic nitrogens is 2. The second kappa shape index (κ2) is 10.7. The maximum Gasteiger partial charge on any atom is 0.310 e. The molecule has 0 spiro atoms. The van der Waals surface area contributed by atoms with Crippen LogP contribution in [0, 0.1) is 5.92 Å². The summed E-state index contributed by atoms with van der Waals surface area (Å²) in [5.41, 5.74) is 0. The Labute approximate surface area is 169 Å². The average molecular weight is 415 g/mol. The molecule has 27 heavy (non-hydrogen) atoms. The highest BCUT2D eigenvalue weighted by Gasteiger charge is 2.29. The molecule has 1 atom stereocenters. The molecule has 1 aromatic rings. The molecule has 150 valence electrons. The number of hydrogen-bond acceptors (Lipinski definition) is 7. The third-order valence-corrected chi connectivity index (χ3v) is 5.49. The Morgan fingerprint density at radius 2 is 2.07 bits per heavy atom. The van der Waals surface area contributed by atoms with E-state index < -0.39 is 0 Å². The molecule has 0 aliphatic carbocycles. The van der Waals surface area contributed by atoms with E-state index in [1.54, 1.807) is 17.9 Å². The van der Waals surface area contributed by atoms with Crippen LogP contribution in [-0.2, 0) is 14.3 Å². The van der Waals surface area contributed by atoms with Crippen molar-refractivity contribution in [3.05, 3.63) is 11.2 Å². The van der Waals surface area contributed by atoms with Crippen molar-refractivity contribution in [2.75, 3.05) is 43.4 Å². The number of amides is 1. The van der Waals surface area contributed by atoms with E-state index in [4.69, 9.17) is 16.3 Å². The van der Waals surface area contributed by atoms with Crippen molar-refractivity contribution in [3.8, 4) is 0 Å². The van der Waals surface area contributed by atoms with Crippen LogP contribution in [-0.4, -0.2) is 65.3 Å². The Morgan fingerprint density at radius 1 is 1.33 bits per heavy atom. The molecule has 0 N–H and O–H groups in total. The zero-order chi connectivity index (χ0) is 19.8. The summed E-state index contributed by atoms with van der Waals surface area (Å²) in [7, 11) is 0. The largest absolute Gasteiger partial charge is 0.466 e. The Kier molecular flexibility index (Phi) is 8.63. The number of rotatable bonds is 8. The van der Waals surface area contributed by atoms with Gasteiger partial charge in [0.15, 0.2) is 5.16 Å². The van der Waals surface area contributed by atoms with Gasteiger partial charge >= 0.3 is 5.97 Å². The number of nitrogens with zero attached hydrogens (tertiary/aromatic N) is 4. The second-order valence-electron chi connectivity index (χ2n) is 6.22. The van der Waals surface area contributed by atoms with Crippen LogP contribution in [0.5, 0.6) is 0 Å². The maximum absolute atomic E-state index is 12.6. The molecule has 1 saturated heterocycles. The molecule has 1 amide bonds.